The number of ether oxygens (including phenoxy) is 1. The van der Waals surface area contributed by atoms with Gasteiger partial charge < -0.3 is 31.1 Å². The number of halogens is 3. The molecule has 242 valence electrons. The molecule has 1 amide bonds. The van der Waals surface area contributed by atoms with Crippen LogP contribution in [0.4, 0.5) is 15.9 Å². The average Bonchev–Trinajstić information content (AvgIpc) is 3.44. The van der Waals surface area contributed by atoms with Crippen LogP contribution in [0.2, 0.25) is 10.0 Å². The van der Waals surface area contributed by atoms with Crippen LogP contribution >= 0.6 is 23.2 Å². The van der Waals surface area contributed by atoms with E-state index in [1.165, 1.54) is 6.20 Å². The molecule has 1 saturated heterocycles. The number of nitrogens with zero attached hydrogens (tertiary/aromatic N) is 3. The Balaban J connectivity index is 1.35. The van der Waals surface area contributed by atoms with E-state index in [-0.39, 0.29) is 29.3 Å². The van der Waals surface area contributed by atoms with Crippen LogP contribution in [0.1, 0.15) is 37.8 Å². The molecule has 10 nitrogen and oxygen atoms in total. The molecule has 3 aromatic heterocycles. The van der Waals surface area contributed by atoms with Crippen LogP contribution < -0.4 is 26.0 Å². The standard InChI is InChI=1S/C33H36Cl2FN7O3/c1-33(2,45)18-38-15-19-11-13-40-31(29(19)36)42-25-6-4-5-23(27(25)34)30-28(35)22(12-14-39-30)24-9-7-20(32(43-24)46-3)16-37-17-21-8-10-26(44)41-21/h4-7,9,11-14,21,37-38,45H,8,10,15-18H2,1-3H3,(H,40,42)(H,41,44)/t21-/m1/s1. The van der Waals surface area contributed by atoms with Crippen molar-refractivity contribution in [3.05, 3.63) is 81.8 Å². The Bertz CT molecular complexity index is 1720. The fraction of sp³-hybridized carbons (Fsp3) is 0.333. The van der Waals surface area contributed by atoms with E-state index in [1.807, 2.05) is 12.1 Å². The summed E-state index contributed by atoms with van der Waals surface area (Å²) < 4.78 is 20.9. The summed E-state index contributed by atoms with van der Waals surface area (Å²) in [4.78, 5) is 24.9. The van der Waals surface area contributed by atoms with Gasteiger partial charge in [0.2, 0.25) is 11.8 Å². The smallest absolute Gasteiger partial charge is 0.220 e. The first-order valence-corrected chi connectivity index (χ1v) is 15.6. The fourth-order valence-electron chi connectivity index (χ4n) is 5.12. The van der Waals surface area contributed by atoms with Crippen LogP contribution in [0.25, 0.3) is 22.5 Å². The maximum atomic E-state index is 15.3. The second-order valence-corrected chi connectivity index (χ2v) is 12.4. The van der Waals surface area contributed by atoms with Gasteiger partial charge in [-0.05, 0) is 44.5 Å². The highest BCUT2D eigenvalue weighted by Crippen LogP contribution is 2.41. The van der Waals surface area contributed by atoms with Crippen LogP contribution in [0.15, 0.2) is 54.9 Å². The molecule has 1 aliphatic heterocycles. The number of nitrogens with one attached hydrogen (secondary N) is 4. The number of pyridine rings is 3. The van der Waals surface area contributed by atoms with Crippen LogP contribution in [-0.4, -0.2) is 57.8 Å². The zero-order valence-corrected chi connectivity index (χ0v) is 27.3. The van der Waals surface area contributed by atoms with Crippen LogP contribution in [0, 0.1) is 5.82 Å². The molecule has 4 aromatic rings. The van der Waals surface area contributed by atoms with E-state index in [4.69, 9.17) is 32.9 Å². The second-order valence-electron chi connectivity index (χ2n) is 11.7. The minimum absolute atomic E-state index is 0.00767. The quantitative estimate of drug-likeness (QED) is 0.123. The largest absolute Gasteiger partial charge is 0.481 e. The van der Waals surface area contributed by atoms with Crippen LogP contribution in [0.3, 0.4) is 0 Å². The average molecular weight is 669 g/mol. The number of hydrogen-bond acceptors (Lipinski definition) is 9. The third-order valence-electron chi connectivity index (χ3n) is 7.44. The molecule has 0 saturated carbocycles. The number of carbonyl (C=O) groups is 1. The van der Waals surface area contributed by atoms with E-state index in [0.717, 1.165) is 12.0 Å². The van der Waals surface area contributed by atoms with Crippen molar-refractivity contribution in [1.29, 1.82) is 0 Å². The van der Waals surface area contributed by atoms with Crippen molar-refractivity contribution in [2.24, 2.45) is 0 Å². The second kappa shape index (κ2) is 14.7. The molecule has 0 aliphatic carbocycles. The van der Waals surface area contributed by atoms with Crippen molar-refractivity contribution in [3.63, 3.8) is 0 Å². The van der Waals surface area contributed by atoms with Crippen molar-refractivity contribution >= 4 is 40.6 Å². The van der Waals surface area contributed by atoms with E-state index in [1.54, 1.807) is 57.5 Å². The summed E-state index contributed by atoms with van der Waals surface area (Å²) in [5.74, 6) is 0.00563. The molecule has 1 aromatic carbocycles. The van der Waals surface area contributed by atoms with Gasteiger partial charge in [-0.2, -0.15) is 0 Å². The lowest BCUT2D eigenvalue weighted by Crippen LogP contribution is -2.35. The van der Waals surface area contributed by atoms with Gasteiger partial charge in [0.1, 0.15) is 0 Å². The molecular formula is C33H36Cl2FN7O3. The molecule has 5 rings (SSSR count). The summed E-state index contributed by atoms with van der Waals surface area (Å²) in [6, 6.07) is 12.5. The number of rotatable bonds is 13. The number of carbonyl (C=O) groups excluding carboxylic acids is 1. The number of methoxy groups -OCH3 is 1. The predicted octanol–water partition coefficient (Wildman–Crippen LogP) is 5.63. The molecule has 5 N–H and O–H groups in total. The number of anilines is 2. The Labute approximate surface area is 277 Å². The summed E-state index contributed by atoms with van der Waals surface area (Å²) in [7, 11) is 1.56. The number of aliphatic hydroxyl groups is 1. The third kappa shape index (κ3) is 8.09. The molecule has 0 spiro atoms. The molecule has 4 heterocycles. The first-order valence-electron chi connectivity index (χ1n) is 14.9. The van der Waals surface area contributed by atoms with E-state index in [2.05, 4.69) is 31.2 Å². The van der Waals surface area contributed by atoms with Gasteiger partial charge in [0.05, 0.1) is 39.8 Å². The molecule has 0 bridgehead atoms. The van der Waals surface area contributed by atoms with Gasteiger partial charge in [-0.25, -0.2) is 14.4 Å². The zero-order valence-electron chi connectivity index (χ0n) is 25.8. The summed E-state index contributed by atoms with van der Waals surface area (Å²) >= 11 is 13.8. The SMILES string of the molecule is COc1nc(-c2ccnc(-c3cccc(Nc4nccc(CNCC(C)(C)O)c4F)c3Cl)c2Cl)ccc1CNC[C@H]1CCC(=O)N1. The zero-order chi connectivity index (χ0) is 32.8. The Kier molecular flexibility index (Phi) is 10.7. The van der Waals surface area contributed by atoms with Gasteiger partial charge in [0.25, 0.3) is 0 Å². The Morgan fingerprint density at radius 3 is 2.54 bits per heavy atom. The molecule has 0 radical (unpaired) electrons. The van der Waals surface area contributed by atoms with Crippen molar-refractivity contribution in [2.45, 2.75) is 51.4 Å². The number of benzene rings is 1. The van der Waals surface area contributed by atoms with E-state index < -0.39 is 11.4 Å². The molecule has 13 heteroatoms. The van der Waals surface area contributed by atoms with Crippen molar-refractivity contribution < 1.29 is 19.0 Å². The fourth-order valence-corrected chi connectivity index (χ4v) is 5.69. The highest BCUT2D eigenvalue weighted by Gasteiger charge is 2.21. The Morgan fingerprint density at radius 2 is 1.80 bits per heavy atom. The molecule has 1 aliphatic rings. The monoisotopic (exact) mass is 667 g/mol. The summed E-state index contributed by atoms with van der Waals surface area (Å²) in [5.41, 5.74) is 2.92. The lowest BCUT2D eigenvalue weighted by molar-refractivity contribution is -0.119. The van der Waals surface area contributed by atoms with Gasteiger partial charge in [-0.3, -0.25) is 9.78 Å². The topological polar surface area (TPSA) is 133 Å². The minimum Gasteiger partial charge on any atom is -0.481 e. The first-order chi connectivity index (χ1) is 22.0. The van der Waals surface area contributed by atoms with Crippen molar-refractivity contribution in [3.8, 4) is 28.4 Å². The van der Waals surface area contributed by atoms with Gasteiger partial charge in [-0.1, -0.05) is 41.4 Å². The highest BCUT2D eigenvalue weighted by molar-refractivity contribution is 6.39. The highest BCUT2D eigenvalue weighted by atomic mass is 35.5. The lowest BCUT2D eigenvalue weighted by atomic mass is 10.1. The lowest BCUT2D eigenvalue weighted by Gasteiger charge is -2.18. The van der Waals surface area contributed by atoms with Gasteiger partial charge in [-0.15, -0.1) is 0 Å². The van der Waals surface area contributed by atoms with Crippen LogP contribution in [-0.2, 0) is 17.9 Å². The van der Waals surface area contributed by atoms with Gasteiger partial charge >= 0.3 is 0 Å². The van der Waals surface area contributed by atoms with Crippen LogP contribution in [0.5, 0.6) is 5.88 Å². The van der Waals surface area contributed by atoms with E-state index in [0.29, 0.717) is 70.7 Å². The number of aromatic nitrogens is 3. The first kappa shape index (κ1) is 33.5. The maximum absolute atomic E-state index is 15.3. The number of hydrogen-bond donors (Lipinski definition) is 5. The molecular weight excluding hydrogens is 632 g/mol. The van der Waals surface area contributed by atoms with E-state index >= 15 is 4.39 Å². The Hall–Kier alpha value is -3.87. The predicted molar refractivity (Wildman–Crippen MR) is 178 cm³/mol. The molecule has 46 heavy (non-hydrogen) atoms. The van der Waals surface area contributed by atoms with Crippen molar-refractivity contribution in [2.75, 3.05) is 25.5 Å². The minimum atomic E-state index is -0.926. The van der Waals surface area contributed by atoms with E-state index in [9.17, 15) is 9.90 Å². The third-order valence-corrected chi connectivity index (χ3v) is 8.23. The summed E-state index contributed by atoms with van der Waals surface area (Å²) in [6.07, 6.45) is 4.50. The maximum Gasteiger partial charge on any atom is 0.220 e. The summed E-state index contributed by atoms with van der Waals surface area (Å²) in [5, 5.41) is 22.9. The normalized spacial score (nSPS) is 14.8. The molecule has 0 unspecified atom stereocenters. The molecule has 1 atom stereocenters. The van der Waals surface area contributed by atoms with Gasteiger partial charge in [0.15, 0.2) is 11.6 Å². The summed E-state index contributed by atoms with van der Waals surface area (Å²) in [6.45, 7) is 5.02. The Morgan fingerprint density at radius 1 is 1.02 bits per heavy atom. The van der Waals surface area contributed by atoms with Gasteiger partial charge in [0, 0.05) is 73.3 Å². The van der Waals surface area contributed by atoms with Crippen molar-refractivity contribution in [1.82, 2.24) is 30.9 Å². The number of amides is 1. The molecule has 1 fully saturated rings.